The standard InChI is InChI=1S/C22H16ClN3O3/c1-13-17-12-15(23)8-9-18(17)29-20(13)22(28)25-16-6-4-5-14(11-16)21(27)26-19-7-2-3-10-24-19/h2-12H,1H3,(H,25,28)(H,24,26,27). The molecule has 2 aromatic heterocycles. The van der Waals surface area contributed by atoms with Gasteiger partial charge in [0.2, 0.25) is 0 Å². The largest absolute Gasteiger partial charge is 0.451 e. The Bertz CT molecular complexity index is 1220. The quantitative estimate of drug-likeness (QED) is 0.483. The molecule has 0 unspecified atom stereocenters. The molecular formula is C22H16ClN3O3. The third-order valence-electron chi connectivity index (χ3n) is 4.39. The normalized spacial score (nSPS) is 10.7. The van der Waals surface area contributed by atoms with Crippen LogP contribution in [0.3, 0.4) is 0 Å². The summed E-state index contributed by atoms with van der Waals surface area (Å²) < 4.78 is 5.69. The third kappa shape index (κ3) is 3.97. The van der Waals surface area contributed by atoms with Crippen molar-refractivity contribution in [2.45, 2.75) is 6.92 Å². The second-order valence-electron chi connectivity index (χ2n) is 6.40. The van der Waals surface area contributed by atoms with E-state index in [2.05, 4.69) is 15.6 Å². The van der Waals surface area contributed by atoms with Gasteiger partial charge in [0.05, 0.1) is 0 Å². The van der Waals surface area contributed by atoms with Gasteiger partial charge in [-0.2, -0.15) is 0 Å². The minimum Gasteiger partial charge on any atom is -0.451 e. The molecule has 4 rings (SSSR count). The van der Waals surface area contributed by atoms with E-state index in [4.69, 9.17) is 16.0 Å². The molecule has 2 aromatic carbocycles. The van der Waals surface area contributed by atoms with Crippen molar-refractivity contribution in [2.24, 2.45) is 0 Å². The Morgan fingerprint density at radius 3 is 2.62 bits per heavy atom. The summed E-state index contributed by atoms with van der Waals surface area (Å²) in [7, 11) is 0. The zero-order valence-electron chi connectivity index (χ0n) is 15.4. The number of hydrogen-bond donors (Lipinski definition) is 2. The number of nitrogens with zero attached hydrogens (tertiary/aromatic N) is 1. The number of rotatable bonds is 4. The highest BCUT2D eigenvalue weighted by Gasteiger charge is 2.18. The molecule has 0 atom stereocenters. The lowest BCUT2D eigenvalue weighted by Gasteiger charge is -2.07. The molecule has 2 N–H and O–H groups in total. The van der Waals surface area contributed by atoms with Gasteiger partial charge in [-0.3, -0.25) is 9.59 Å². The van der Waals surface area contributed by atoms with Gasteiger partial charge in [0.1, 0.15) is 11.4 Å². The molecule has 6 nitrogen and oxygen atoms in total. The Kier molecular flexibility index (Phi) is 5.01. The number of halogens is 1. The summed E-state index contributed by atoms with van der Waals surface area (Å²) in [4.78, 5) is 29.2. The lowest BCUT2D eigenvalue weighted by molar-refractivity contribution is 0.0994. The second kappa shape index (κ2) is 7.77. The van der Waals surface area contributed by atoms with Crippen LogP contribution in [0.4, 0.5) is 11.5 Å². The van der Waals surface area contributed by atoms with Crippen LogP contribution in [0, 0.1) is 6.92 Å². The fourth-order valence-electron chi connectivity index (χ4n) is 2.96. The number of aromatic nitrogens is 1. The van der Waals surface area contributed by atoms with E-state index >= 15 is 0 Å². The van der Waals surface area contributed by atoms with Crippen LogP contribution in [0.1, 0.15) is 26.5 Å². The summed E-state index contributed by atoms with van der Waals surface area (Å²) in [5.41, 5.74) is 2.15. The zero-order chi connectivity index (χ0) is 20.4. The molecule has 2 heterocycles. The highest BCUT2D eigenvalue weighted by molar-refractivity contribution is 6.31. The van der Waals surface area contributed by atoms with E-state index < -0.39 is 5.91 Å². The highest BCUT2D eigenvalue weighted by atomic mass is 35.5. The van der Waals surface area contributed by atoms with Crippen LogP contribution < -0.4 is 10.6 Å². The van der Waals surface area contributed by atoms with Crippen molar-refractivity contribution in [2.75, 3.05) is 10.6 Å². The number of pyridine rings is 1. The van der Waals surface area contributed by atoms with Crippen molar-refractivity contribution < 1.29 is 14.0 Å². The first-order valence-electron chi connectivity index (χ1n) is 8.84. The maximum absolute atomic E-state index is 12.7. The number of hydrogen-bond acceptors (Lipinski definition) is 4. The average molecular weight is 406 g/mol. The van der Waals surface area contributed by atoms with E-state index in [1.54, 1.807) is 73.8 Å². The van der Waals surface area contributed by atoms with Crippen molar-refractivity contribution in [3.63, 3.8) is 0 Å². The lowest BCUT2D eigenvalue weighted by atomic mass is 10.1. The Labute approximate surface area is 171 Å². The first-order valence-corrected chi connectivity index (χ1v) is 9.21. The second-order valence-corrected chi connectivity index (χ2v) is 6.84. The molecule has 7 heteroatoms. The number of carbonyl (C=O) groups excluding carboxylic acids is 2. The Morgan fingerprint density at radius 1 is 0.966 bits per heavy atom. The van der Waals surface area contributed by atoms with Crippen LogP contribution in [0.15, 0.2) is 71.3 Å². The maximum atomic E-state index is 12.7. The van der Waals surface area contributed by atoms with Crippen molar-refractivity contribution in [3.8, 4) is 0 Å². The van der Waals surface area contributed by atoms with E-state index in [1.165, 1.54) is 0 Å². The molecule has 29 heavy (non-hydrogen) atoms. The van der Waals surface area contributed by atoms with Gasteiger partial charge in [-0.25, -0.2) is 4.98 Å². The molecule has 144 valence electrons. The molecule has 0 aliphatic heterocycles. The number of amides is 2. The molecule has 0 saturated carbocycles. The summed E-state index contributed by atoms with van der Waals surface area (Å²) in [5, 5.41) is 6.83. The number of anilines is 2. The van der Waals surface area contributed by atoms with Crippen LogP contribution in [-0.4, -0.2) is 16.8 Å². The fraction of sp³-hybridized carbons (Fsp3) is 0.0455. The Hall–Kier alpha value is -3.64. The molecule has 0 bridgehead atoms. The monoisotopic (exact) mass is 405 g/mol. The van der Waals surface area contributed by atoms with E-state index in [-0.39, 0.29) is 11.7 Å². The Morgan fingerprint density at radius 2 is 1.83 bits per heavy atom. The SMILES string of the molecule is Cc1c(C(=O)Nc2cccc(C(=O)Nc3ccccn3)c2)oc2ccc(Cl)cc12. The molecule has 4 aromatic rings. The van der Waals surface area contributed by atoms with Gasteiger partial charge in [0.25, 0.3) is 11.8 Å². The molecular weight excluding hydrogens is 390 g/mol. The van der Waals surface area contributed by atoms with Crippen LogP contribution in [-0.2, 0) is 0 Å². The van der Waals surface area contributed by atoms with E-state index in [1.807, 2.05) is 0 Å². The van der Waals surface area contributed by atoms with Crippen molar-refractivity contribution in [1.82, 2.24) is 4.98 Å². The minimum absolute atomic E-state index is 0.200. The third-order valence-corrected chi connectivity index (χ3v) is 4.63. The van der Waals surface area contributed by atoms with E-state index in [0.717, 1.165) is 5.39 Å². The molecule has 0 aliphatic carbocycles. The molecule has 0 saturated heterocycles. The number of carbonyl (C=O) groups is 2. The van der Waals surface area contributed by atoms with Gasteiger partial charge in [0, 0.05) is 33.4 Å². The first-order chi connectivity index (χ1) is 14.0. The van der Waals surface area contributed by atoms with Crippen LogP contribution in [0.25, 0.3) is 11.0 Å². The molecule has 0 aliphatic rings. The number of aryl methyl sites for hydroxylation is 1. The topological polar surface area (TPSA) is 84.2 Å². The zero-order valence-corrected chi connectivity index (χ0v) is 16.2. The average Bonchev–Trinajstić information content (AvgIpc) is 3.05. The summed E-state index contributed by atoms with van der Waals surface area (Å²) >= 11 is 6.03. The minimum atomic E-state index is -0.405. The summed E-state index contributed by atoms with van der Waals surface area (Å²) in [6.45, 7) is 1.80. The highest BCUT2D eigenvalue weighted by Crippen LogP contribution is 2.28. The summed E-state index contributed by atoms with van der Waals surface area (Å²) in [5.74, 6) is -0.0828. The number of fused-ring (bicyclic) bond motifs is 1. The molecule has 0 spiro atoms. The van der Waals surface area contributed by atoms with Crippen molar-refractivity contribution >= 4 is 45.9 Å². The fourth-order valence-corrected chi connectivity index (χ4v) is 3.13. The summed E-state index contributed by atoms with van der Waals surface area (Å²) in [6.07, 6.45) is 1.59. The van der Waals surface area contributed by atoms with Gasteiger partial charge in [-0.05, 0) is 55.5 Å². The first kappa shape index (κ1) is 18.7. The molecule has 2 amide bonds. The predicted molar refractivity (Wildman–Crippen MR) is 113 cm³/mol. The number of furan rings is 1. The number of benzene rings is 2. The van der Waals surface area contributed by atoms with Gasteiger partial charge in [0.15, 0.2) is 5.76 Å². The van der Waals surface area contributed by atoms with E-state index in [0.29, 0.717) is 33.2 Å². The summed E-state index contributed by atoms with van der Waals surface area (Å²) in [6, 6.07) is 17.1. The maximum Gasteiger partial charge on any atom is 0.291 e. The van der Waals surface area contributed by atoms with Crippen LogP contribution in [0.5, 0.6) is 0 Å². The smallest absolute Gasteiger partial charge is 0.291 e. The number of nitrogens with one attached hydrogen (secondary N) is 2. The molecule has 0 fully saturated rings. The van der Waals surface area contributed by atoms with Crippen LogP contribution >= 0.6 is 11.6 Å². The van der Waals surface area contributed by atoms with Gasteiger partial charge in [-0.1, -0.05) is 23.7 Å². The predicted octanol–water partition coefficient (Wildman–Crippen LogP) is 5.29. The van der Waals surface area contributed by atoms with Crippen LogP contribution in [0.2, 0.25) is 5.02 Å². The van der Waals surface area contributed by atoms with Crippen molar-refractivity contribution in [3.05, 3.63) is 88.8 Å². The van der Waals surface area contributed by atoms with E-state index in [9.17, 15) is 9.59 Å². The van der Waals surface area contributed by atoms with Gasteiger partial charge in [-0.15, -0.1) is 0 Å². The van der Waals surface area contributed by atoms with Gasteiger partial charge >= 0.3 is 0 Å². The Balaban J connectivity index is 1.54. The van der Waals surface area contributed by atoms with Crippen molar-refractivity contribution in [1.29, 1.82) is 0 Å². The lowest BCUT2D eigenvalue weighted by Crippen LogP contribution is -2.15. The van der Waals surface area contributed by atoms with Gasteiger partial charge < -0.3 is 15.1 Å². The molecule has 0 radical (unpaired) electrons.